The first kappa shape index (κ1) is 9.52. The van der Waals surface area contributed by atoms with Gasteiger partial charge in [-0.3, -0.25) is 9.48 Å². The summed E-state index contributed by atoms with van der Waals surface area (Å²) in [6.07, 6.45) is 2.56. The van der Waals surface area contributed by atoms with E-state index in [1.54, 1.807) is 11.7 Å². The van der Waals surface area contributed by atoms with Crippen LogP contribution in [0.25, 0.3) is 0 Å². The fourth-order valence-electron chi connectivity index (χ4n) is 1.25. The zero-order chi connectivity index (χ0) is 10.1. The van der Waals surface area contributed by atoms with E-state index >= 15 is 0 Å². The quantitative estimate of drug-likeness (QED) is 0.822. The average molecular weight is 214 g/mol. The third kappa shape index (κ3) is 2.07. The molecule has 0 spiro atoms. The molecule has 1 aromatic rings. The fourth-order valence-corrected chi connectivity index (χ4v) is 1.42. The Kier molecular flexibility index (Phi) is 2.46. The molecule has 1 aromatic heterocycles. The van der Waals surface area contributed by atoms with Crippen LogP contribution in [-0.2, 0) is 7.05 Å². The highest BCUT2D eigenvalue weighted by molar-refractivity contribution is 6.29. The SMILES string of the molecule is Cn1nc(Cl)c(=O)cc1NCC1CC1. The lowest BCUT2D eigenvalue weighted by molar-refractivity contribution is 0.730. The van der Waals surface area contributed by atoms with E-state index in [1.165, 1.54) is 18.9 Å². The zero-order valence-electron chi connectivity index (χ0n) is 7.96. The van der Waals surface area contributed by atoms with Gasteiger partial charge in [-0.15, -0.1) is 0 Å². The van der Waals surface area contributed by atoms with Crippen LogP contribution in [0.3, 0.4) is 0 Å². The van der Waals surface area contributed by atoms with Crippen LogP contribution < -0.4 is 10.7 Å². The van der Waals surface area contributed by atoms with Gasteiger partial charge >= 0.3 is 0 Å². The van der Waals surface area contributed by atoms with E-state index in [4.69, 9.17) is 11.6 Å². The molecule has 1 fully saturated rings. The summed E-state index contributed by atoms with van der Waals surface area (Å²) < 4.78 is 1.59. The first-order valence-electron chi connectivity index (χ1n) is 4.64. The summed E-state index contributed by atoms with van der Waals surface area (Å²) in [7, 11) is 1.76. The van der Waals surface area contributed by atoms with Crippen molar-refractivity contribution in [2.75, 3.05) is 11.9 Å². The van der Waals surface area contributed by atoms with Gasteiger partial charge in [0.15, 0.2) is 5.15 Å². The smallest absolute Gasteiger partial charge is 0.221 e. The molecule has 1 aliphatic carbocycles. The van der Waals surface area contributed by atoms with Crippen LogP contribution in [0.2, 0.25) is 5.15 Å². The van der Waals surface area contributed by atoms with Gasteiger partial charge in [0.25, 0.3) is 0 Å². The fraction of sp³-hybridized carbons (Fsp3) is 0.556. The molecule has 0 bridgehead atoms. The van der Waals surface area contributed by atoms with Crippen molar-refractivity contribution in [3.63, 3.8) is 0 Å². The molecule has 76 valence electrons. The standard InChI is InChI=1S/C9H12ClN3O/c1-13-8(11-5-6-2-3-6)4-7(14)9(10)12-13/h4,6,11H,2-3,5H2,1H3. The second-order valence-corrected chi connectivity index (χ2v) is 3.99. The molecule has 0 aromatic carbocycles. The van der Waals surface area contributed by atoms with E-state index in [-0.39, 0.29) is 10.6 Å². The molecule has 0 saturated heterocycles. The van der Waals surface area contributed by atoms with Crippen molar-refractivity contribution in [3.05, 3.63) is 21.4 Å². The van der Waals surface area contributed by atoms with Crippen LogP contribution in [0.5, 0.6) is 0 Å². The maximum absolute atomic E-state index is 11.2. The molecule has 1 heterocycles. The van der Waals surface area contributed by atoms with Crippen molar-refractivity contribution in [2.24, 2.45) is 13.0 Å². The number of hydrogen-bond acceptors (Lipinski definition) is 3. The summed E-state index contributed by atoms with van der Waals surface area (Å²) in [5, 5.41) is 7.08. The molecule has 0 amide bonds. The highest BCUT2D eigenvalue weighted by atomic mass is 35.5. The van der Waals surface area contributed by atoms with Crippen molar-refractivity contribution < 1.29 is 0 Å². The third-order valence-electron chi connectivity index (χ3n) is 2.33. The molecule has 2 rings (SSSR count). The number of nitrogens with zero attached hydrogens (tertiary/aromatic N) is 2. The van der Waals surface area contributed by atoms with Crippen molar-refractivity contribution in [1.82, 2.24) is 9.78 Å². The summed E-state index contributed by atoms with van der Waals surface area (Å²) in [5.74, 6) is 1.49. The minimum Gasteiger partial charge on any atom is -0.370 e. The Morgan fingerprint density at radius 2 is 2.43 bits per heavy atom. The van der Waals surface area contributed by atoms with Crippen LogP contribution in [-0.4, -0.2) is 16.3 Å². The zero-order valence-corrected chi connectivity index (χ0v) is 8.71. The molecular formula is C9H12ClN3O. The van der Waals surface area contributed by atoms with Gasteiger partial charge in [0.1, 0.15) is 5.82 Å². The van der Waals surface area contributed by atoms with Crippen molar-refractivity contribution in [1.29, 1.82) is 0 Å². The molecule has 1 N–H and O–H groups in total. The molecule has 5 heteroatoms. The van der Waals surface area contributed by atoms with Crippen LogP contribution in [0.1, 0.15) is 12.8 Å². The molecule has 1 saturated carbocycles. The summed E-state index contributed by atoms with van der Waals surface area (Å²) in [6.45, 7) is 0.913. The largest absolute Gasteiger partial charge is 0.370 e. The van der Waals surface area contributed by atoms with Crippen molar-refractivity contribution >= 4 is 17.4 Å². The Balaban J connectivity index is 2.14. The van der Waals surface area contributed by atoms with E-state index in [2.05, 4.69) is 10.4 Å². The first-order chi connectivity index (χ1) is 6.66. The van der Waals surface area contributed by atoms with Crippen molar-refractivity contribution in [2.45, 2.75) is 12.8 Å². The van der Waals surface area contributed by atoms with Crippen LogP contribution in [0.4, 0.5) is 5.82 Å². The number of nitrogens with one attached hydrogen (secondary N) is 1. The topological polar surface area (TPSA) is 46.9 Å². The Bertz CT molecular complexity index is 398. The van der Waals surface area contributed by atoms with Gasteiger partial charge < -0.3 is 5.32 Å². The van der Waals surface area contributed by atoms with E-state index < -0.39 is 0 Å². The molecule has 14 heavy (non-hydrogen) atoms. The van der Waals surface area contributed by atoms with Gasteiger partial charge in [0, 0.05) is 19.7 Å². The molecule has 0 unspecified atom stereocenters. The van der Waals surface area contributed by atoms with Gasteiger partial charge in [-0.1, -0.05) is 11.6 Å². The minimum absolute atomic E-state index is 0.0180. The number of halogens is 1. The molecular weight excluding hydrogens is 202 g/mol. The van der Waals surface area contributed by atoms with Crippen LogP contribution in [0.15, 0.2) is 10.9 Å². The summed E-state index contributed by atoms with van der Waals surface area (Å²) in [5.41, 5.74) is -0.233. The summed E-state index contributed by atoms with van der Waals surface area (Å²) in [6, 6.07) is 1.48. The monoisotopic (exact) mass is 213 g/mol. The van der Waals surface area contributed by atoms with Gasteiger partial charge in [0.2, 0.25) is 5.43 Å². The Labute approximate surface area is 86.9 Å². The molecule has 4 nitrogen and oxygen atoms in total. The first-order valence-corrected chi connectivity index (χ1v) is 5.02. The predicted octanol–water partition coefficient (Wildman–Crippen LogP) is 1.26. The number of anilines is 1. The van der Waals surface area contributed by atoms with E-state index in [1.807, 2.05) is 0 Å². The van der Waals surface area contributed by atoms with Crippen molar-refractivity contribution in [3.8, 4) is 0 Å². The average Bonchev–Trinajstić information content (AvgIpc) is 2.92. The third-order valence-corrected chi connectivity index (χ3v) is 2.59. The number of aryl methyl sites for hydroxylation is 1. The van der Waals surface area contributed by atoms with Gasteiger partial charge in [0.05, 0.1) is 0 Å². The highest BCUT2D eigenvalue weighted by Crippen LogP contribution is 2.28. The predicted molar refractivity (Wildman–Crippen MR) is 55.7 cm³/mol. The van der Waals surface area contributed by atoms with Gasteiger partial charge in [-0.05, 0) is 18.8 Å². The van der Waals surface area contributed by atoms with Crippen LogP contribution in [0, 0.1) is 5.92 Å². The Hall–Kier alpha value is -1.03. The normalized spacial score (nSPS) is 15.6. The second-order valence-electron chi connectivity index (χ2n) is 3.63. The highest BCUT2D eigenvalue weighted by Gasteiger charge is 2.20. The molecule has 0 atom stereocenters. The summed E-state index contributed by atoms with van der Waals surface area (Å²) in [4.78, 5) is 11.2. The Morgan fingerprint density at radius 3 is 3.07 bits per heavy atom. The van der Waals surface area contributed by atoms with Gasteiger partial charge in [-0.2, -0.15) is 5.10 Å². The Morgan fingerprint density at radius 1 is 1.71 bits per heavy atom. The number of rotatable bonds is 3. The lowest BCUT2D eigenvalue weighted by atomic mass is 10.4. The van der Waals surface area contributed by atoms with E-state index in [9.17, 15) is 4.79 Å². The van der Waals surface area contributed by atoms with Gasteiger partial charge in [-0.25, -0.2) is 0 Å². The van der Waals surface area contributed by atoms with E-state index in [0.29, 0.717) is 0 Å². The lowest BCUT2D eigenvalue weighted by Crippen LogP contribution is -2.16. The summed E-state index contributed by atoms with van der Waals surface area (Å²) >= 11 is 5.59. The minimum atomic E-state index is -0.233. The molecule has 1 aliphatic rings. The number of aromatic nitrogens is 2. The molecule has 0 radical (unpaired) electrons. The number of hydrogen-bond donors (Lipinski definition) is 1. The maximum atomic E-state index is 11.2. The van der Waals surface area contributed by atoms with Crippen LogP contribution >= 0.6 is 11.6 Å². The lowest BCUT2D eigenvalue weighted by Gasteiger charge is -2.09. The molecule has 0 aliphatic heterocycles. The van der Waals surface area contributed by atoms with E-state index in [0.717, 1.165) is 18.3 Å². The second kappa shape index (κ2) is 3.61. The maximum Gasteiger partial charge on any atom is 0.221 e.